The maximum atomic E-state index is 13.1. The smallest absolute Gasteiger partial charge is 0.462 e. The molecule has 1 aliphatic carbocycles. The third-order valence-electron chi connectivity index (χ3n) is 11.7. The zero-order valence-corrected chi connectivity index (χ0v) is 44.1. The molecular formula is C47H89O19P3. The number of carbonyl (C=O) groups excluding carboxylic acids is 2. The molecule has 1 fully saturated rings. The maximum absolute atomic E-state index is 13.1. The van der Waals surface area contributed by atoms with E-state index in [1.807, 2.05) is 0 Å². The van der Waals surface area contributed by atoms with Crippen LogP contribution >= 0.6 is 23.5 Å². The highest BCUT2D eigenvalue weighted by atomic mass is 31.2. The van der Waals surface area contributed by atoms with Gasteiger partial charge in [0.1, 0.15) is 43.2 Å². The zero-order chi connectivity index (χ0) is 51.4. The lowest BCUT2D eigenvalue weighted by atomic mass is 9.85. The van der Waals surface area contributed by atoms with Gasteiger partial charge in [-0.3, -0.25) is 27.7 Å². The van der Waals surface area contributed by atoms with Gasteiger partial charge in [0.2, 0.25) is 0 Å². The highest BCUT2D eigenvalue weighted by molar-refractivity contribution is 7.47. The van der Waals surface area contributed by atoms with E-state index in [-0.39, 0.29) is 12.8 Å². The number of phosphoric ester groups is 3. The molecule has 0 saturated heterocycles. The third kappa shape index (κ3) is 35.4. The van der Waals surface area contributed by atoms with Gasteiger partial charge >= 0.3 is 35.4 Å². The molecule has 1 aliphatic rings. The van der Waals surface area contributed by atoms with E-state index >= 15 is 0 Å². The second-order valence-electron chi connectivity index (χ2n) is 18.1. The van der Waals surface area contributed by atoms with Crippen LogP contribution in [0.1, 0.15) is 206 Å². The van der Waals surface area contributed by atoms with Gasteiger partial charge < -0.3 is 49.3 Å². The van der Waals surface area contributed by atoms with Crippen molar-refractivity contribution in [2.75, 3.05) is 13.2 Å². The second-order valence-corrected chi connectivity index (χ2v) is 21.9. The summed E-state index contributed by atoms with van der Waals surface area (Å²) in [4.78, 5) is 73.3. The first kappa shape index (κ1) is 65.6. The predicted molar refractivity (Wildman–Crippen MR) is 261 cm³/mol. The lowest BCUT2D eigenvalue weighted by molar-refractivity contribution is -0.213. The average molecular weight is 1050 g/mol. The van der Waals surface area contributed by atoms with Crippen molar-refractivity contribution in [3.05, 3.63) is 24.3 Å². The van der Waals surface area contributed by atoms with Crippen molar-refractivity contribution < 1.29 is 90.6 Å². The summed E-state index contributed by atoms with van der Waals surface area (Å²) in [5.41, 5.74) is 0. The first-order valence-electron chi connectivity index (χ1n) is 25.6. The van der Waals surface area contributed by atoms with Gasteiger partial charge in [0.25, 0.3) is 0 Å². The number of esters is 2. The summed E-state index contributed by atoms with van der Waals surface area (Å²) in [6, 6.07) is 0. The molecule has 406 valence electrons. The Balaban J connectivity index is 2.69. The van der Waals surface area contributed by atoms with Crippen molar-refractivity contribution in [2.45, 2.75) is 249 Å². The van der Waals surface area contributed by atoms with Crippen LogP contribution in [0.25, 0.3) is 0 Å². The molecule has 0 amide bonds. The number of allylic oxidation sites excluding steroid dienone is 4. The molecule has 1 saturated carbocycles. The number of aliphatic hydroxyl groups excluding tert-OH is 3. The second kappa shape index (κ2) is 39.1. The van der Waals surface area contributed by atoms with E-state index in [1.165, 1.54) is 64.2 Å². The summed E-state index contributed by atoms with van der Waals surface area (Å²) in [5.74, 6) is -1.30. The van der Waals surface area contributed by atoms with Crippen LogP contribution in [0.2, 0.25) is 0 Å². The Bertz CT molecular complexity index is 1540. The Morgan fingerprint density at radius 2 is 0.797 bits per heavy atom. The largest absolute Gasteiger partial charge is 0.472 e. The van der Waals surface area contributed by atoms with Crippen LogP contribution in [0.3, 0.4) is 0 Å². The first-order valence-corrected chi connectivity index (χ1v) is 30.2. The fourth-order valence-electron chi connectivity index (χ4n) is 7.87. The third-order valence-corrected chi connectivity index (χ3v) is 13.8. The van der Waals surface area contributed by atoms with E-state index in [9.17, 15) is 63.1 Å². The summed E-state index contributed by atoms with van der Waals surface area (Å²) in [6.07, 6.45) is 23.2. The summed E-state index contributed by atoms with van der Waals surface area (Å²) in [7, 11) is -16.6. The lowest BCUT2D eigenvalue weighted by Gasteiger charge is -2.44. The molecule has 0 aromatic carbocycles. The summed E-state index contributed by atoms with van der Waals surface area (Å²) in [6.45, 7) is 2.94. The van der Waals surface area contributed by atoms with Gasteiger partial charge in [-0.25, -0.2) is 13.7 Å². The van der Waals surface area contributed by atoms with Crippen LogP contribution in [0.4, 0.5) is 0 Å². The average Bonchev–Trinajstić information content (AvgIpc) is 3.28. The number of aliphatic hydroxyl groups is 3. The number of phosphoric acid groups is 3. The van der Waals surface area contributed by atoms with Crippen molar-refractivity contribution in [1.29, 1.82) is 0 Å². The molecule has 0 aliphatic heterocycles. The Labute approximate surface area is 411 Å². The molecule has 8 atom stereocenters. The minimum atomic E-state index is -5.60. The quantitative estimate of drug-likeness (QED) is 0.0122. The van der Waals surface area contributed by atoms with Gasteiger partial charge in [-0.15, -0.1) is 0 Å². The topological polar surface area (TPSA) is 303 Å². The summed E-state index contributed by atoms with van der Waals surface area (Å²) in [5, 5.41) is 31.9. The van der Waals surface area contributed by atoms with Crippen LogP contribution < -0.4 is 0 Å². The van der Waals surface area contributed by atoms with Crippen LogP contribution in [0.15, 0.2) is 24.3 Å². The van der Waals surface area contributed by atoms with Crippen molar-refractivity contribution >= 4 is 35.4 Å². The number of unbranched alkanes of at least 4 members (excludes halogenated alkanes) is 24. The highest BCUT2D eigenvalue weighted by Crippen LogP contribution is 2.51. The molecular weight excluding hydrogens is 961 g/mol. The van der Waals surface area contributed by atoms with Crippen LogP contribution in [-0.4, -0.2) is 108 Å². The molecule has 0 bridgehead atoms. The molecule has 19 nitrogen and oxygen atoms in total. The maximum Gasteiger partial charge on any atom is 0.472 e. The van der Waals surface area contributed by atoms with E-state index < -0.39 is 91.3 Å². The zero-order valence-electron chi connectivity index (χ0n) is 41.4. The van der Waals surface area contributed by atoms with Gasteiger partial charge in [-0.2, -0.15) is 0 Å². The summed E-state index contributed by atoms with van der Waals surface area (Å²) >= 11 is 0. The molecule has 0 aromatic rings. The van der Waals surface area contributed by atoms with Gasteiger partial charge in [0.15, 0.2) is 6.10 Å². The number of rotatable bonds is 44. The standard InChI is InChI=1S/C47H89O19P3/c1-3-5-7-9-11-13-15-17-19-20-22-23-25-27-29-31-33-35-40(48)61-37-39(63-41(49)36-34-32-30-28-26-24-21-18-16-14-12-10-8-6-4-2)38-62-69(59,60)66-45-42(50)43(51)46(64-67(53,54)55)47(44(45)52)65-68(56,57)58/h14,16-17,19,39,42-47,50-52H,3-13,15,18,20-38H2,1-2H3,(H,59,60)(H2,53,54,55)(H2,56,57,58)/t39-,42?,43?,44?,45+,46?,47+/m1/s1. The van der Waals surface area contributed by atoms with E-state index in [1.54, 1.807) is 0 Å². The van der Waals surface area contributed by atoms with Crippen LogP contribution in [-0.2, 0) is 50.9 Å². The Morgan fingerprint density at radius 1 is 0.449 bits per heavy atom. The molecule has 8 N–H and O–H groups in total. The van der Waals surface area contributed by atoms with E-state index in [4.69, 9.17) is 18.5 Å². The number of hydrogen-bond donors (Lipinski definition) is 8. The van der Waals surface area contributed by atoms with Crippen molar-refractivity contribution in [3.8, 4) is 0 Å². The monoisotopic (exact) mass is 1050 g/mol. The minimum Gasteiger partial charge on any atom is -0.462 e. The molecule has 1 rings (SSSR count). The number of carbonyl (C=O) groups is 2. The normalized spacial score (nSPS) is 21.5. The molecule has 69 heavy (non-hydrogen) atoms. The van der Waals surface area contributed by atoms with Crippen molar-refractivity contribution in [1.82, 2.24) is 0 Å². The van der Waals surface area contributed by atoms with E-state index in [2.05, 4.69) is 47.2 Å². The van der Waals surface area contributed by atoms with Crippen molar-refractivity contribution in [2.24, 2.45) is 0 Å². The van der Waals surface area contributed by atoms with Gasteiger partial charge in [0, 0.05) is 12.8 Å². The number of ether oxygens (including phenoxy) is 2. The fourth-order valence-corrected chi connectivity index (χ4v) is 9.96. The lowest BCUT2D eigenvalue weighted by Crippen LogP contribution is -2.65. The van der Waals surface area contributed by atoms with Gasteiger partial charge in [0.05, 0.1) is 6.61 Å². The van der Waals surface area contributed by atoms with Gasteiger partial charge in [-0.05, 0) is 64.2 Å². The Morgan fingerprint density at radius 3 is 1.22 bits per heavy atom. The molecule has 0 spiro atoms. The fraction of sp³-hybridized carbons (Fsp3) is 0.872. The molecule has 22 heteroatoms. The Kier molecular flexibility index (Phi) is 37.2. The Hall–Kier alpha value is -1.37. The molecule has 0 heterocycles. The van der Waals surface area contributed by atoms with E-state index in [0.717, 1.165) is 103 Å². The molecule has 5 unspecified atom stereocenters. The van der Waals surface area contributed by atoms with Crippen LogP contribution in [0.5, 0.6) is 0 Å². The molecule has 0 aromatic heterocycles. The SMILES string of the molecule is CCCCCCC=CCCCCCCCCCC(=O)O[C@H](COC(=O)CCCCCCCCCC=CCCCCCCCC)COP(=O)(O)O[C@H]1C(O)C(O)C(OP(=O)(O)O)[C@@H](OP(=O)(O)O)C1O. The van der Waals surface area contributed by atoms with E-state index in [0.29, 0.717) is 12.8 Å². The predicted octanol–water partition coefficient (Wildman–Crippen LogP) is 9.85. The first-order chi connectivity index (χ1) is 32.8. The van der Waals surface area contributed by atoms with Crippen molar-refractivity contribution in [3.63, 3.8) is 0 Å². The highest BCUT2D eigenvalue weighted by Gasteiger charge is 2.56. The summed E-state index contributed by atoms with van der Waals surface area (Å²) < 4.78 is 65.6. The number of hydrogen-bond acceptors (Lipinski definition) is 14. The van der Waals surface area contributed by atoms with Gasteiger partial charge in [-0.1, -0.05) is 154 Å². The molecule has 0 radical (unpaired) electrons. The minimum absolute atomic E-state index is 0.00606. The van der Waals surface area contributed by atoms with Crippen LogP contribution in [0, 0.1) is 0 Å².